The van der Waals surface area contributed by atoms with Crippen molar-refractivity contribution in [3.05, 3.63) is 47.0 Å². The van der Waals surface area contributed by atoms with Gasteiger partial charge in [0.25, 0.3) is 5.91 Å². The van der Waals surface area contributed by atoms with E-state index >= 15 is 0 Å². The number of fused-ring (bicyclic) bond motifs is 1. The van der Waals surface area contributed by atoms with Crippen LogP contribution in [0.3, 0.4) is 0 Å². The van der Waals surface area contributed by atoms with Crippen LogP contribution in [-0.4, -0.2) is 17.7 Å². The Kier molecular flexibility index (Phi) is 4.79. The number of benzene rings is 1. The highest BCUT2D eigenvalue weighted by Gasteiger charge is 2.22. The fraction of sp³-hybridized carbons (Fsp3) is 0.368. The molecule has 0 bridgehead atoms. The number of nitrogens with one attached hydrogen (secondary N) is 1. The second-order valence-electron chi connectivity index (χ2n) is 5.87. The highest BCUT2D eigenvalue weighted by atomic mass is 16.5. The van der Waals surface area contributed by atoms with E-state index in [0.717, 1.165) is 5.39 Å². The average molecular weight is 342 g/mol. The van der Waals surface area contributed by atoms with Gasteiger partial charge in [0.1, 0.15) is 17.1 Å². The van der Waals surface area contributed by atoms with Crippen LogP contribution in [0.25, 0.3) is 11.0 Å². The largest absolute Gasteiger partial charge is 0.490 e. The number of hydrogen-bond acceptors (Lipinski definition) is 5. The minimum Gasteiger partial charge on any atom is -0.490 e. The quantitative estimate of drug-likeness (QED) is 0.727. The Morgan fingerprint density at radius 1 is 1.36 bits per heavy atom. The molecule has 0 radical (unpaired) electrons. The van der Waals surface area contributed by atoms with Crippen LogP contribution >= 0.6 is 0 Å². The Morgan fingerprint density at radius 2 is 2.16 bits per heavy atom. The topological polar surface area (TPSA) is 77.5 Å². The summed E-state index contributed by atoms with van der Waals surface area (Å²) in [6.45, 7) is 8.05. The van der Waals surface area contributed by atoms with Crippen LogP contribution in [0.2, 0.25) is 0 Å². The van der Waals surface area contributed by atoms with Crippen LogP contribution in [0.1, 0.15) is 54.4 Å². The lowest BCUT2D eigenvalue weighted by Crippen LogP contribution is -2.27. The fourth-order valence-electron chi connectivity index (χ4n) is 2.83. The molecule has 0 aliphatic rings. The summed E-state index contributed by atoms with van der Waals surface area (Å²) in [5.41, 5.74) is 1.85. The Bertz CT molecular complexity index is 894. The third-order valence-corrected chi connectivity index (χ3v) is 4.10. The van der Waals surface area contributed by atoms with Crippen LogP contribution in [0.4, 0.5) is 0 Å². The maximum Gasteiger partial charge on any atom is 0.257 e. The fourth-order valence-corrected chi connectivity index (χ4v) is 2.83. The average Bonchev–Trinajstić information content (AvgIpc) is 3.19. The molecule has 0 aliphatic carbocycles. The molecule has 1 aromatic carbocycles. The van der Waals surface area contributed by atoms with Crippen LogP contribution in [0.15, 0.2) is 33.2 Å². The van der Waals surface area contributed by atoms with Gasteiger partial charge in [-0.05, 0) is 39.3 Å². The Morgan fingerprint density at radius 3 is 2.88 bits per heavy atom. The van der Waals surface area contributed by atoms with E-state index in [1.54, 1.807) is 6.92 Å². The molecule has 0 aliphatic heterocycles. The van der Waals surface area contributed by atoms with Gasteiger partial charge >= 0.3 is 0 Å². The summed E-state index contributed by atoms with van der Waals surface area (Å²) < 4.78 is 16.7. The van der Waals surface area contributed by atoms with Gasteiger partial charge in [0.2, 0.25) is 0 Å². The first-order valence-electron chi connectivity index (χ1n) is 8.46. The van der Waals surface area contributed by atoms with E-state index in [0.29, 0.717) is 47.1 Å². The van der Waals surface area contributed by atoms with Crippen LogP contribution in [0.5, 0.6) is 5.75 Å². The number of aryl methyl sites for hydroxylation is 2. The molecule has 0 saturated carbocycles. The molecule has 3 rings (SSSR count). The zero-order valence-electron chi connectivity index (χ0n) is 14.9. The standard InChI is InChI=1S/C19H22N2O4/c1-5-14-17(12(4)25-21-14)19(22)20-11(3)16-10-13-8-7-9-15(23-6-2)18(13)24-16/h7-11H,5-6H2,1-4H3,(H,20,22). The first-order chi connectivity index (χ1) is 12.0. The first kappa shape index (κ1) is 17.1. The molecule has 1 amide bonds. The van der Waals surface area contributed by atoms with E-state index in [-0.39, 0.29) is 11.9 Å². The third kappa shape index (κ3) is 3.24. The van der Waals surface area contributed by atoms with E-state index in [2.05, 4.69) is 10.5 Å². The number of hydrogen-bond donors (Lipinski definition) is 1. The number of carbonyl (C=O) groups excluding carboxylic acids is 1. The number of carbonyl (C=O) groups is 1. The summed E-state index contributed by atoms with van der Waals surface area (Å²) in [4.78, 5) is 12.6. The van der Waals surface area contributed by atoms with Crippen LogP contribution < -0.4 is 10.1 Å². The van der Waals surface area contributed by atoms with E-state index in [9.17, 15) is 4.79 Å². The maximum atomic E-state index is 12.6. The second kappa shape index (κ2) is 7.01. The number of amides is 1. The molecule has 0 fully saturated rings. The van der Waals surface area contributed by atoms with Gasteiger partial charge in [0, 0.05) is 5.39 Å². The number of furan rings is 1. The zero-order chi connectivity index (χ0) is 18.0. The van der Waals surface area contributed by atoms with Gasteiger partial charge in [-0.15, -0.1) is 0 Å². The minimum atomic E-state index is -0.298. The van der Waals surface area contributed by atoms with Gasteiger partial charge < -0.3 is 19.0 Å². The van der Waals surface area contributed by atoms with Crippen molar-refractivity contribution in [2.75, 3.05) is 6.61 Å². The van der Waals surface area contributed by atoms with E-state index in [1.165, 1.54) is 0 Å². The molecule has 25 heavy (non-hydrogen) atoms. The minimum absolute atomic E-state index is 0.214. The summed E-state index contributed by atoms with van der Waals surface area (Å²) >= 11 is 0. The summed E-state index contributed by atoms with van der Waals surface area (Å²) in [7, 11) is 0. The lowest BCUT2D eigenvalue weighted by atomic mass is 10.1. The van der Waals surface area contributed by atoms with Gasteiger partial charge in [-0.2, -0.15) is 0 Å². The summed E-state index contributed by atoms with van der Waals surface area (Å²) in [5, 5.41) is 7.82. The Balaban J connectivity index is 1.85. The monoisotopic (exact) mass is 342 g/mol. The predicted molar refractivity (Wildman–Crippen MR) is 93.9 cm³/mol. The van der Waals surface area contributed by atoms with Crippen molar-refractivity contribution >= 4 is 16.9 Å². The lowest BCUT2D eigenvalue weighted by molar-refractivity contribution is 0.0933. The molecule has 6 heteroatoms. The molecule has 0 saturated heterocycles. The number of para-hydroxylation sites is 1. The van der Waals surface area contributed by atoms with Gasteiger partial charge in [-0.3, -0.25) is 4.79 Å². The van der Waals surface area contributed by atoms with Crippen molar-refractivity contribution in [1.82, 2.24) is 10.5 Å². The summed E-state index contributed by atoms with van der Waals surface area (Å²) in [6.07, 6.45) is 0.636. The van der Waals surface area contributed by atoms with Crippen molar-refractivity contribution in [2.45, 2.75) is 40.2 Å². The van der Waals surface area contributed by atoms with Gasteiger partial charge in [0.05, 0.1) is 18.3 Å². The zero-order valence-corrected chi connectivity index (χ0v) is 14.9. The maximum absolute atomic E-state index is 12.6. The van der Waals surface area contributed by atoms with Crippen LogP contribution in [0, 0.1) is 6.92 Å². The van der Waals surface area contributed by atoms with E-state index in [1.807, 2.05) is 45.0 Å². The molecule has 1 atom stereocenters. The molecule has 1 N–H and O–H groups in total. The van der Waals surface area contributed by atoms with Crippen molar-refractivity contribution < 1.29 is 18.5 Å². The number of ether oxygens (including phenoxy) is 1. The lowest BCUT2D eigenvalue weighted by Gasteiger charge is -2.11. The summed E-state index contributed by atoms with van der Waals surface area (Å²) in [5.74, 6) is 1.67. The molecule has 0 spiro atoms. The molecule has 1 unspecified atom stereocenters. The molecular formula is C19H22N2O4. The SMILES string of the molecule is CCOc1cccc2cc(C(C)NC(=O)c3c(CC)noc3C)oc12. The molecule has 6 nitrogen and oxygen atoms in total. The second-order valence-corrected chi connectivity index (χ2v) is 5.87. The molecule has 2 aromatic heterocycles. The van der Waals surface area contributed by atoms with E-state index < -0.39 is 0 Å². The summed E-state index contributed by atoms with van der Waals surface area (Å²) in [6, 6.07) is 7.37. The smallest absolute Gasteiger partial charge is 0.257 e. The van der Waals surface area contributed by atoms with Crippen LogP contribution in [-0.2, 0) is 6.42 Å². The normalized spacial score (nSPS) is 12.3. The highest BCUT2D eigenvalue weighted by Crippen LogP contribution is 2.31. The van der Waals surface area contributed by atoms with Crippen molar-refractivity contribution in [2.24, 2.45) is 0 Å². The van der Waals surface area contributed by atoms with Gasteiger partial charge in [0.15, 0.2) is 11.3 Å². The van der Waals surface area contributed by atoms with Crippen molar-refractivity contribution in [3.8, 4) is 5.75 Å². The van der Waals surface area contributed by atoms with Gasteiger partial charge in [-0.25, -0.2) is 0 Å². The molecule has 2 heterocycles. The number of rotatable bonds is 6. The van der Waals surface area contributed by atoms with Crippen molar-refractivity contribution in [3.63, 3.8) is 0 Å². The Labute approximate surface area is 146 Å². The first-order valence-corrected chi connectivity index (χ1v) is 8.46. The molecule has 3 aromatic rings. The predicted octanol–water partition coefficient (Wildman–Crippen LogP) is 4.18. The Hall–Kier alpha value is -2.76. The van der Waals surface area contributed by atoms with Gasteiger partial charge in [-0.1, -0.05) is 24.2 Å². The van der Waals surface area contributed by atoms with Crippen molar-refractivity contribution in [1.29, 1.82) is 0 Å². The molecule has 132 valence electrons. The molecular weight excluding hydrogens is 320 g/mol. The number of nitrogens with zero attached hydrogens (tertiary/aromatic N) is 1. The third-order valence-electron chi connectivity index (χ3n) is 4.10. The number of aromatic nitrogens is 1. The highest BCUT2D eigenvalue weighted by molar-refractivity contribution is 5.96. The van der Waals surface area contributed by atoms with E-state index in [4.69, 9.17) is 13.7 Å².